The van der Waals surface area contributed by atoms with Crippen molar-refractivity contribution in [2.45, 2.75) is 66.2 Å². The van der Waals surface area contributed by atoms with Gasteiger partial charge in [-0.3, -0.25) is 0 Å². The Balaban J connectivity index is 1.86. The summed E-state index contributed by atoms with van der Waals surface area (Å²) in [4.78, 5) is 0. The Labute approximate surface area is 123 Å². The van der Waals surface area contributed by atoms with Crippen LogP contribution in [0.3, 0.4) is 0 Å². The zero-order valence-corrected chi connectivity index (χ0v) is 13.7. The van der Waals surface area contributed by atoms with E-state index in [1.54, 1.807) is 0 Å². The molecule has 0 bridgehead atoms. The molecule has 3 nitrogen and oxygen atoms in total. The Kier molecular flexibility index (Phi) is 4.60. The fourth-order valence-corrected chi connectivity index (χ4v) is 2.83. The molecule has 3 heteroatoms. The minimum absolute atomic E-state index is 0.185. The summed E-state index contributed by atoms with van der Waals surface area (Å²) in [6.07, 6.45) is 1.46. The van der Waals surface area contributed by atoms with Gasteiger partial charge in [0, 0.05) is 18.1 Å². The second-order valence-corrected chi connectivity index (χ2v) is 7.16. The predicted molar refractivity (Wildman–Crippen MR) is 81.8 cm³/mol. The number of aryl methyl sites for hydroxylation is 1. The fourth-order valence-electron chi connectivity index (χ4n) is 2.83. The van der Waals surface area contributed by atoms with Gasteiger partial charge >= 0.3 is 0 Å². The Bertz CT molecular complexity index is 436. The van der Waals surface area contributed by atoms with Gasteiger partial charge in [0.1, 0.15) is 11.5 Å². The Hall–Kier alpha value is -0.800. The summed E-state index contributed by atoms with van der Waals surface area (Å²) in [5.41, 5.74) is 0.185. The maximum absolute atomic E-state index is 6.01. The highest BCUT2D eigenvalue weighted by atomic mass is 16.5. The molecule has 1 aromatic rings. The van der Waals surface area contributed by atoms with E-state index in [0.717, 1.165) is 24.5 Å². The van der Waals surface area contributed by atoms with Crippen LogP contribution in [0.4, 0.5) is 0 Å². The highest BCUT2D eigenvalue weighted by Gasteiger charge is 2.49. The van der Waals surface area contributed by atoms with E-state index >= 15 is 0 Å². The third-order valence-electron chi connectivity index (χ3n) is 4.45. The Morgan fingerprint density at radius 1 is 1.35 bits per heavy atom. The van der Waals surface area contributed by atoms with Crippen LogP contribution in [0.5, 0.6) is 0 Å². The molecular weight excluding hydrogens is 250 g/mol. The normalized spacial score (nSPS) is 26.6. The molecule has 114 valence electrons. The van der Waals surface area contributed by atoms with Crippen LogP contribution >= 0.6 is 0 Å². The lowest BCUT2D eigenvalue weighted by atomic mass is 9.64. The van der Waals surface area contributed by atoms with Crippen molar-refractivity contribution < 1.29 is 9.15 Å². The van der Waals surface area contributed by atoms with Gasteiger partial charge < -0.3 is 14.5 Å². The largest absolute Gasteiger partial charge is 0.465 e. The molecule has 0 aromatic carbocycles. The van der Waals surface area contributed by atoms with E-state index in [-0.39, 0.29) is 11.5 Å². The number of nitrogens with one attached hydrogen (secondary N) is 1. The van der Waals surface area contributed by atoms with Crippen LogP contribution in [0.2, 0.25) is 0 Å². The van der Waals surface area contributed by atoms with Gasteiger partial charge in [-0.2, -0.15) is 0 Å². The van der Waals surface area contributed by atoms with E-state index in [2.05, 4.69) is 46.0 Å². The second kappa shape index (κ2) is 5.90. The summed E-state index contributed by atoms with van der Waals surface area (Å²) < 4.78 is 11.7. The van der Waals surface area contributed by atoms with Crippen molar-refractivity contribution >= 4 is 0 Å². The third-order valence-corrected chi connectivity index (χ3v) is 4.45. The van der Waals surface area contributed by atoms with E-state index in [4.69, 9.17) is 9.15 Å². The van der Waals surface area contributed by atoms with Crippen molar-refractivity contribution in [1.29, 1.82) is 0 Å². The summed E-state index contributed by atoms with van der Waals surface area (Å²) in [6.45, 7) is 14.0. The van der Waals surface area contributed by atoms with Gasteiger partial charge in [0.05, 0.1) is 12.1 Å². The molecule has 1 aromatic heterocycles. The first-order valence-electron chi connectivity index (χ1n) is 7.74. The number of ether oxygens (including phenoxy) is 1. The molecule has 0 aliphatic heterocycles. The Morgan fingerprint density at radius 3 is 2.55 bits per heavy atom. The van der Waals surface area contributed by atoms with Crippen LogP contribution in [0.1, 0.15) is 58.6 Å². The first kappa shape index (κ1) is 15.6. The molecule has 1 N–H and O–H groups in total. The van der Waals surface area contributed by atoms with Gasteiger partial charge in [-0.1, -0.05) is 27.7 Å². The summed E-state index contributed by atoms with van der Waals surface area (Å²) >= 11 is 0. The topological polar surface area (TPSA) is 34.4 Å². The van der Waals surface area contributed by atoms with Gasteiger partial charge in [-0.25, -0.2) is 0 Å². The molecule has 1 aliphatic carbocycles. The van der Waals surface area contributed by atoms with Gasteiger partial charge in [0.25, 0.3) is 0 Å². The smallest absolute Gasteiger partial charge is 0.120 e. The fraction of sp³-hybridized carbons (Fsp3) is 0.765. The van der Waals surface area contributed by atoms with Crippen molar-refractivity contribution in [3.63, 3.8) is 0 Å². The van der Waals surface area contributed by atoms with Crippen LogP contribution in [0.25, 0.3) is 0 Å². The lowest BCUT2D eigenvalue weighted by Gasteiger charge is -2.52. The molecule has 1 saturated carbocycles. The van der Waals surface area contributed by atoms with Gasteiger partial charge in [-0.15, -0.1) is 0 Å². The molecule has 1 fully saturated rings. The SMILES string of the molecule is Cc1ccc(C(C)NC2CC(OCC(C)C)C2(C)C)o1. The Morgan fingerprint density at radius 2 is 2.05 bits per heavy atom. The van der Waals surface area contributed by atoms with Crippen molar-refractivity contribution in [1.82, 2.24) is 5.32 Å². The number of hydrogen-bond donors (Lipinski definition) is 1. The summed E-state index contributed by atoms with van der Waals surface area (Å²) in [5.74, 6) is 2.59. The molecule has 2 rings (SSSR count). The van der Waals surface area contributed by atoms with Gasteiger partial charge in [0.15, 0.2) is 0 Å². The number of hydrogen-bond acceptors (Lipinski definition) is 3. The van der Waals surface area contributed by atoms with E-state index in [1.807, 2.05) is 13.0 Å². The van der Waals surface area contributed by atoms with E-state index in [1.165, 1.54) is 0 Å². The van der Waals surface area contributed by atoms with Crippen molar-refractivity contribution in [2.75, 3.05) is 6.61 Å². The quantitative estimate of drug-likeness (QED) is 0.852. The van der Waals surface area contributed by atoms with Crippen LogP contribution < -0.4 is 5.32 Å². The highest BCUT2D eigenvalue weighted by Crippen LogP contribution is 2.43. The molecule has 1 aliphatic rings. The summed E-state index contributed by atoms with van der Waals surface area (Å²) in [6, 6.07) is 4.82. The van der Waals surface area contributed by atoms with Crippen molar-refractivity contribution in [2.24, 2.45) is 11.3 Å². The average molecular weight is 279 g/mol. The summed E-state index contributed by atoms with van der Waals surface area (Å²) in [5, 5.41) is 3.68. The zero-order valence-electron chi connectivity index (χ0n) is 13.7. The predicted octanol–water partition coefficient (Wildman–Crippen LogP) is 4.08. The zero-order chi connectivity index (χ0) is 14.9. The molecule has 0 saturated heterocycles. The van der Waals surface area contributed by atoms with E-state index in [0.29, 0.717) is 18.1 Å². The first-order chi connectivity index (χ1) is 9.30. The molecule has 3 unspecified atom stereocenters. The number of furan rings is 1. The molecule has 0 radical (unpaired) electrons. The van der Waals surface area contributed by atoms with Crippen LogP contribution in [0, 0.1) is 18.3 Å². The molecule has 0 amide bonds. The van der Waals surface area contributed by atoms with Gasteiger partial charge in [-0.05, 0) is 38.3 Å². The standard InChI is InChI=1S/C17H29NO2/c1-11(2)10-19-16-9-15(17(16,5)6)18-13(4)14-8-7-12(3)20-14/h7-8,11,13,15-16,18H,9-10H2,1-6H3. The molecule has 3 atom stereocenters. The van der Waals surface area contributed by atoms with Crippen LogP contribution in [-0.4, -0.2) is 18.8 Å². The molecular formula is C17H29NO2. The average Bonchev–Trinajstić information content (AvgIpc) is 2.79. The molecule has 20 heavy (non-hydrogen) atoms. The first-order valence-corrected chi connectivity index (χ1v) is 7.74. The molecule has 0 spiro atoms. The highest BCUT2D eigenvalue weighted by molar-refractivity contribution is 5.11. The monoisotopic (exact) mass is 279 g/mol. The summed E-state index contributed by atoms with van der Waals surface area (Å²) in [7, 11) is 0. The van der Waals surface area contributed by atoms with Crippen LogP contribution in [0.15, 0.2) is 16.5 Å². The minimum Gasteiger partial charge on any atom is -0.465 e. The van der Waals surface area contributed by atoms with Crippen LogP contribution in [-0.2, 0) is 4.74 Å². The second-order valence-electron chi connectivity index (χ2n) is 7.16. The maximum Gasteiger partial charge on any atom is 0.120 e. The van der Waals surface area contributed by atoms with Crippen molar-refractivity contribution in [3.8, 4) is 0 Å². The number of rotatable bonds is 6. The lowest BCUT2D eigenvalue weighted by molar-refractivity contribution is -0.126. The third kappa shape index (κ3) is 3.26. The van der Waals surface area contributed by atoms with Gasteiger partial charge in [0.2, 0.25) is 0 Å². The van der Waals surface area contributed by atoms with Crippen molar-refractivity contribution in [3.05, 3.63) is 23.7 Å². The van der Waals surface area contributed by atoms with E-state index in [9.17, 15) is 0 Å². The molecule has 1 heterocycles. The lowest BCUT2D eigenvalue weighted by Crippen LogP contribution is -2.61. The minimum atomic E-state index is 0.185. The maximum atomic E-state index is 6.01. The van der Waals surface area contributed by atoms with E-state index < -0.39 is 0 Å².